The third kappa shape index (κ3) is 5.55. The van der Waals surface area contributed by atoms with Gasteiger partial charge in [-0.3, -0.25) is 4.79 Å². The van der Waals surface area contributed by atoms with Crippen LogP contribution in [0.15, 0.2) is 18.2 Å². The molecule has 4 heteroatoms. The summed E-state index contributed by atoms with van der Waals surface area (Å²) < 4.78 is 4.65. The second kappa shape index (κ2) is 9.03. The van der Waals surface area contributed by atoms with Crippen molar-refractivity contribution in [1.29, 1.82) is 0 Å². The van der Waals surface area contributed by atoms with E-state index in [-0.39, 0.29) is 5.97 Å². The molecule has 0 bridgehead atoms. The molecule has 20 heavy (non-hydrogen) atoms. The largest absolute Gasteiger partial charge is 0.469 e. The number of benzene rings is 1. The Morgan fingerprint density at radius 1 is 1.40 bits per heavy atom. The molecule has 1 rings (SSSR count). The number of rotatable bonds is 8. The first-order valence-corrected chi connectivity index (χ1v) is 8.19. The van der Waals surface area contributed by atoms with E-state index in [1.54, 1.807) is 11.8 Å². The van der Waals surface area contributed by atoms with Crippen LogP contribution in [0.25, 0.3) is 0 Å². The van der Waals surface area contributed by atoms with Crippen molar-refractivity contribution in [3.8, 4) is 0 Å². The molecule has 0 fully saturated rings. The molecule has 1 unspecified atom stereocenters. The Labute approximate surface area is 126 Å². The maximum absolute atomic E-state index is 11.1. The minimum atomic E-state index is -0.135. The molecule has 1 aromatic rings. The summed E-state index contributed by atoms with van der Waals surface area (Å²) in [5.74, 6) is 1.64. The first-order chi connectivity index (χ1) is 9.58. The molecule has 0 aromatic heterocycles. The molecule has 0 amide bonds. The molecule has 0 aliphatic heterocycles. The number of thioether (sulfide) groups is 1. The molecular formula is C16H25NO2S. The highest BCUT2D eigenvalue weighted by Crippen LogP contribution is 2.23. The van der Waals surface area contributed by atoms with Gasteiger partial charge in [0.2, 0.25) is 0 Å². The van der Waals surface area contributed by atoms with E-state index >= 15 is 0 Å². The van der Waals surface area contributed by atoms with E-state index in [1.165, 1.54) is 23.8 Å². The summed E-state index contributed by atoms with van der Waals surface area (Å²) in [6, 6.07) is 6.92. The summed E-state index contributed by atoms with van der Waals surface area (Å²) in [5, 5.41) is 3.52. The lowest BCUT2D eigenvalue weighted by molar-refractivity contribution is -0.140. The van der Waals surface area contributed by atoms with E-state index in [1.807, 2.05) is 0 Å². The van der Waals surface area contributed by atoms with Crippen molar-refractivity contribution >= 4 is 17.7 Å². The van der Waals surface area contributed by atoms with Gasteiger partial charge in [0.25, 0.3) is 0 Å². The minimum Gasteiger partial charge on any atom is -0.469 e. The molecule has 0 saturated heterocycles. The number of hydrogen-bond donors (Lipinski definition) is 1. The minimum absolute atomic E-state index is 0.135. The van der Waals surface area contributed by atoms with Crippen molar-refractivity contribution in [2.75, 3.05) is 25.2 Å². The lowest BCUT2D eigenvalue weighted by Crippen LogP contribution is -2.24. The summed E-state index contributed by atoms with van der Waals surface area (Å²) in [7, 11) is 1.43. The highest BCUT2D eigenvalue weighted by Gasteiger charge is 2.13. The summed E-state index contributed by atoms with van der Waals surface area (Å²) in [6.45, 7) is 7.33. The zero-order chi connectivity index (χ0) is 15.0. The zero-order valence-electron chi connectivity index (χ0n) is 12.9. The van der Waals surface area contributed by atoms with Crippen molar-refractivity contribution in [3.05, 3.63) is 34.9 Å². The van der Waals surface area contributed by atoms with Gasteiger partial charge >= 0.3 is 5.97 Å². The second-order valence-electron chi connectivity index (χ2n) is 4.87. The Balaban J connectivity index is 2.57. The Morgan fingerprint density at radius 3 is 2.75 bits per heavy atom. The van der Waals surface area contributed by atoms with E-state index in [0.29, 0.717) is 12.5 Å². The highest BCUT2D eigenvalue weighted by molar-refractivity contribution is 7.99. The van der Waals surface area contributed by atoms with E-state index in [4.69, 9.17) is 0 Å². The average molecular weight is 295 g/mol. The first-order valence-electron chi connectivity index (χ1n) is 7.03. The average Bonchev–Trinajstić information content (AvgIpc) is 2.42. The quantitative estimate of drug-likeness (QED) is 0.590. The van der Waals surface area contributed by atoms with Crippen LogP contribution in [0.5, 0.6) is 0 Å². The number of aryl methyl sites for hydroxylation is 2. The molecule has 1 aromatic carbocycles. The number of nitrogens with one attached hydrogen (secondary N) is 1. The monoisotopic (exact) mass is 295 g/mol. The van der Waals surface area contributed by atoms with Crippen molar-refractivity contribution in [3.63, 3.8) is 0 Å². The predicted molar refractivity (Wildman–Crippen MR) is 86.3 cm³/mol. The Morgan fingerprint density at radius 2 is 2.15 bits per heavy atom. The Bertz CT molecular complexity index is 434. The van der Waals surface area contributed by atoms with Crippen LogP contribution < -0.4 is 5.32 Å². The van der Waals surface area contributed by atoms with Crippen LogP contribution in [0.2, 0.25) is 0 Å². The van der Waals surface area contributed by atoms with Gasteiger partial charge in [-0.25, -0.2) is 0 Å². The number of ether oxygens (including phenoxy) is 1. The van der Waals surface area contributed by atoms with Crippen LogP contribution in [0.1, 0.15) is 36.1 Å². The van der Waals surface area contributed by atoms with Gasteiger partial charge < -0.3 is 10.1 Å². The molecule has 1 atom stereocenters. The summed E-state index contributed by atoms with van der Waals surface area (Å²) in [5.41, 5.74) is 3.97. The fourth-order valence-corrected chi connectivity index (χ4v) is 3.19. The highest BCUT2D eigenvalue weighted by atomic mass is 32.2. The van der Waals surface area contributed by atoms with Gasteiger partial charge in [0.1, 0.15) is 0 Å². The molecule has 0 heterocycles. The van der Waals surface area contributed by atoms with Crippen molar-refractivity contribution in [2.45, 2.75) is 33.2 Å². The molecule has 0 aliphatic carbocycles. The Kier molecular flexibility index (Phi) is 7.70. The van der Waals surface area contributed by atoms with Gasteiger partial charge in [-0.1, -0.05) is 30.7 Å². The van der Waals surface area contributed by atoms with E-state index in [9.17, 15) is 4.79 Å². The standard InChI is InChI=1S/C16H25NO2S/c1-5-17-15(11-20-9-8-16(18)19-4)14-7-6-12(2)10-13(14)3/h6-7,10,15,17H,5,8-9,11H2,1-4H3. The predicted octanol–water partition coefficient (Wildman–Crippen LogP) is 3.25. The first kappa shape index (κ1) is 17.1. The smallest absolute Gasteiger partial charge is 0.306 e. The van der Waals surface area contributed by atoms with Gasteiger partial charge in [0.15, 0.2) is 0 Å². The van der Waals surface area contributed by atoms with E-state index < -0.39 is 0 Å². The van der Waals surface area contributed by atoms with Gasteiger partial charge in [0.05, 0.1) is 13.5 Å². The van der Waals surface area contributed by atoms with Crippen LogP contribution in [0.4, 0.5) is 0 Å². The molecule has 112 valence electrons. The molecule has 1 N–H and O–H groups in total. The van der Waals surface area contributed by atoms with E-state index in [2.05, 4.69) is 49.0 Å². The van der Waals surface area contributed by atoms with Gasteiger partial charge in [-0.05, 0) is 31.5 Å². The molecule has 0 aliphatic rings. The third-order valence-electron chi connectivity index (χ3n) is 3.21. The maximum atomic E-state index is 11.1. The SMILES string of the molecule is CCNC(CSCCC(=O)OC)c1ccc(C)cc1C. The lowest BCUT2D eigenvalue weighted by Gasteiger charge is -2.20. The topological polar surface area (TPSA) is 38.3 Å². The number of hydrogen-bond acceptors (Lipinski definition) is 4. The van der Waals surface area contributed by atoms with E-state index in [0.717, 1.165) is 18.1 Å². The van der Waals surface area contributed by atoms with Crippen LogP contribution in [-0.2, 0) is 9.53 Å². The molecule has 3 nitrogen and oxygen atoms in total. The molecule has 0 saturated carbocycles. The fraction of sp³-hybridized carbons (Fsp3) is 0.562. The van der Waals surface area contributed by atoms with Crippen molar-refractivity contribution < 1.29 is 9.53 Å². The number of methoxy groups -OCH3 is 1. The van der Waals surface area contributed by atoms with Gasteiger partial charge in [-0.2, -0.15) is 11.8 Å². The number of carbonyl (C=O) groups excluding carboxylic acids is 1. The zero-order valence-corrected chi connectivity index (χ0v) is 13.7. The van der Waals surface area contributed by atoms with Gasteiger partial charge in [-0.15, -0.1) is 0 Å². The maximum Gasteiger partial charge on any atom is 0.306 e. The fourth-order valence-electron chi connectivity index (χ4n) is 2.18. The number of esters is 1. The molecule has 0 spiro atoms. The number of carbonyl (C=O) groups is 1. The van der Waals surface area contributed by atoms with Crippen LogP contribution in [0.3, 0.4) is 0 Å². The third-order valence-corrected chi connectivity index (χ3v) is 4.28. The Hall–Kier alpha value is -1.00. The van der Waals surface area contributed by atoms with Crippen LogP contribution in [0, 0.1) is 13.8 Å². The second-order valence-corrected chi connectivity index (χ2v) is 6.02. The molecule has 0 radical (unpaired) electrons. The van der Waals surface area contributed by atoms with Crippen molar-refractivity contribution in [1.82, 2.24) is 5.32 Å². The van der Waals surface area contributed by atoms with Gasteiger partial charge in [0, 0.05) is 17.5 Å². The van der Waals surface area contributed by atoms with Crippen molar-refractivity contribution in [2.24, 2.45) is 0 Å². The summed E-state index contributed by atoms with van der Waals surface area (Å²) in [6.07, 6.45) is 0.479. The van der Waals surface area contributed by atoms with Crippen LogP contribution in [-0.4, -0.2) is 31.1 Å². The summed E-state index contributed by atoms with van der Waals surface area (Å²) in [4.78, 5) is 11.1. The lowest BCUT2D eigenvalue weighted by atomic mass is 10.0. The summed E-state index contributed by atoms with van der Waals surface area (Å²) >= 11 is 1.79. The normalized spacial score (nSPS) is 12.2. The molecular weight excluding hydrogens is 270 g/mol. The van der Waals surface area contributed by atoms with Crippen LogP contribution >= 0.6 is 11.8 Å².